The van der Waals surface area contributed by atoms with Crippen LogP contribution in [0, 0.1) is 0 Å². The molecule has 1 amide bonds. The lowest BCUT2D eigenvalue weighted by molar-refractivity contribution is 0.0652. The van der Waals surface area contributed by atoms with Crippen LogP contribution < -0.4 is 5.32 Å². The van der Waals surface area contributed by atoms with Crippen molar-refractivity contribution < 1.29 is 9.21 Å². The zero-order valence-electron chi connectivity index (χ0n) is 14.9. The van der Waals surface area contributed by atoms with Crippen molar-refractivity contribution in [1.29, 1.82) is 0 Å². The van der Waals surface area contributed by atoms with Crippen LogP contribution in [0.5, 0.6) is 0 Å². The number of amides is 1. The normalized spacial score (nSPS) is 15.9. The maximum Gasteiger partial charge on any atom is 0.258 e. The molecule has 0 fully saturated rings. The van der Waals surface area contributed by atoms with E-state index in [1.54, 1.807) is 29.8 Å². The van der Waals surface area contributed by atoms with Crippen LogP contribution in [0.2, 0.25) is 0 Å². The Kier molecular flexibility index (Phi) is 3.90. The number of aromatic amines is 1. The lowest BCUT2D eigenvalue weighted by Gasteiger charge is -2.37. The topological polar surface area (TPSA) is 87.0 Å². The fraction of sp³-hybridized carbons (Fsp3) is 0.0952. The van der Waals surface area contributed by atoms with Crippen LogP contribution in [0.4, 0.5) is 5.69 Å². The number of pyridine rings is 1. The lowest BCUT2D eigenvalue weighted by atomic mass is 10.0. The summed E-state index contributed by atoms with van der Waals surface area (Å²) in [7, 11) is 0. The second-order valence-corrected chi connectivity index (χ2v) is 6.55. The van der Waals surface area contributed by atoms with Crippen LogP contribution in [0.25, 0.3) is 11.3 Å². The molecule has 4 aromatic rings. The Morgan fingerprint density at radius 1 is 1.07 bits per heavy atom. The summed E-state index contributed by atoms with van der Waals surface area (Å²) in [6, 6.07) is 15.0. The Morgan fingerprint density at radius 2 is 2.00 bits per heavy atom. The third-order valence-corrected chi connectivity index (χ3v) is 4.84. The number of carbonyl (C=O) groups excluding carboxylic acids is 1. The smallest absolute Gasteiger partial charge is 0.258 e. The number of H-pyrrole nitrogens is 1. The Bertz CT molecular complexity index is 1100. The van der Waals surface area contributed by atoms with Crippen molar-refractivity contribution in [1.82, 2.24) is 20.1 Å². The van der Waals surface area contributed by atoms with Crippen molar-refractivity contribution in [3.63, 3.8) is 0 Å². The summed E-state index contributed by atoms with van der Waals surface area (Å²) >= 11 is 0. The molecule has 28 heavy (non-hydrogen) atoms. The molecule has 0 radical (unpaired) electrons. The fourth-order valence-corrected chi connectivity index (χ4v) is 3.52. The summed E-state index contributed by atoms with van der Waals surface area (Å²) in [5.74, 6) is 0.653. The molecule has 1 aromatic carbocycles. The van der Waals surface area contributed by atoms with Gasteiger partial charge in [-0.2, -0.15) is 5.10 Å². The van der Waals surface area contributed by atoms with Gasteiger partial charge in [0.15, 0.2) is 0 Å². The number of fused-ring (bicyclic) bond motifs is 1. The first-order valence-corrected chi connectivity index (χ1v) is 8.94. The molecule has 1 atom stereocenters. The van der Waals surface area contributed by atoms with E-state index in [9.17, 15) is 4.79 Å². The van der Waals surface area contributed by atoms with Crippen molar-refractivity contribution in [3.8, 4) is 11.3 Å². The monoisotopic (exact) mass is 371 g/mol. The van der Waals surface area contributed by atoms with E-state index in [1.165, 1.54) is 0 Å². The predicted octanol–water partition coefficient (Wildman–Crippen LogP) is 3.83. The summed E-state index contributed by atoms with van der Waals surface area (Å²) in [5, 5.41) is 10.8. The standard InChI is InChI=1S/C21H17N5O2/c27-21-16-7-1-2-8-18(16)24-20(26(21)13-15-6-4-10-28-15)17-12-23-25-19(17)14-5-3-9-22-11-14/h1-12,20,24H,13H2,(H,23,25)/t20-/m0/s1. The summed E-state index contributed by atoms with van der Waals surface area (Å²) in [5.41, 5.74) is 4.02. The van der Waals surface area contributed by atoms with E-state index in [-0.39, 0.29) is 5.91 Å². The van der Waals surface area contributed by atoms with Crippen molar-refractivity contribution in [3.05, 3.63) is 90.3 Å². The van der Waals surface area contributed by atoms with E-state index in [4.69, 9.17) is 4.42 Å². The molecule has 0 spiro atoms. The van der Waals surface area contributed by atoms with Gasteiger partial charge in [-0.05, 0) is 36.4 Å². The van der Waals surface area contributed by atoms with Crippen LogP contribution in [0.15, 0.2) is 77.8 Å². The minimum atomic E-state index is -0.401. The number of benzene rings is 1. The van der Waals surface area contributed by atoms with Crippen molar-refractivity contribution in [2.24, 2.45) is 0 Å². The van der Waals surface area contributed by atoms with Gasteiger partial charge in [-0.25, -0.2) is 0 Å². The summed E-state index contributed by atoms with van der Waals surface area (Å²) in [6.07, 6.45) is 6.45. The van der Waals surface area contributed by atoms with Gasteiger partial charge >= 0.3 is 0 Å². The van der Waals surface area contributed by atoms with Gasteiger partial charge in [-0.3, -0.25) is 14.9 Å². The number of hydrogen-bond acceptors (Lipinski definition) is 5. The van der Waals surface area contributed by atoms with Crippen molar-refractivity contribution >= 4 is 11.6 Å². The summed E-state index contributed by atoms with van der Waals surface area (Å²) in [6.45, 7) is 0.343. The SMILES string of the molecule is O=C1c2ccccc2N[C@H](c2cn[nH]c2-c2cccnc2)N1Cc1ccco1. The molecule has 7 nitrogen and oxygen atoms in total. The van der Waals surface area contributed by atoms with Gasteiger partial charge in [0.25, 0.3) is 5.91 Å². The Balaban J connectivity index is 1.61. The lowest BCUT2D eigenvalue weighted by Crippen LogP contribution is -2.42. The molecule has 0 saturated carbocycles. The molecule has 2 N–H and O–H groups in total. The number of carbonyl (C=O) groups is 1. The fourth-order valence-electron chi connectivity index (χ4n) is 3.52. The minimum Gasteiger partial charge on any atom is -0.467 e. The van der Waals surface area contributed by atoms with E-state index in [2.05, 4.69) is 20.5 Å². The zero-order chi connectivity index (χ0) is 18.9. The molecule has 0 bridgehead atoms. The number of rotatable bonds is 4. The van der Waals surface area contributed by atoms with E-state index < -0.39 is 6.17 Å². The van der Waals surface area contributed by atoms with Gasteiger partial charge < -0.3 is 14.6 Å². The molecule has 1 aliphatic heterocycles. The minimum absolute atomic E-state index is 0.0610. The molecule has 138 valence electrons. The van der Waals surface area contributed by atoms with Crippen molar-refractivity contribution in [2.75, 3.05) is 5.32 Å². The van der Waals surface area contributed by atoms with Crippen LogP contribution >= 0.6 is 0 Å². The van der Waals surface area contributed by atoms with Gasteiger partial charge in [0.05, 0.1) is 30.3 Å². The summed E-state index contributed by atoms with van der Waals surface area (Å²) in [4.78, 5) is 19.2. The molecule has 1 aliphatic rings. The third kappa shape index (κ3) is 2.73. The predicted molar refractivity (Wildman–Crippen MR) is 103 cm³/mol. The quantitative estimate of drug-likeness (QED) is 0.569. The van der Waals surface area contributed by atoms with E-state index in [1.807, 2.05) is 48.5 Å². The van der Waals surface area contributed by atoms with Crippen LogP contribution in [-0.2, 0) is 6.54 Å². The van der Waals surface area contributed by atoms with E-state index >= 15 is 0 Å². The summed E-state index contributed by atoms with van der Waals surface area (Å²) < 4.78 is 5.50. The average molecular weight is 371 g/mol. The number of furan rings is 1. The first-order valence-electron chi connectivity index (χ1n) is 8.94. The highest BCUT2D eigenvalue weighted by Gasteiger charge is 2.35. The molecule has 4 heterocycles. The first-order chi connectivity index (χ1) is 13.8. The van der Waals surface area contributed by atoms with Gasteiger partial charge in [-0.15, -0.1) is 0 Å². The molecular weight excluding hydrogens is 354 g/mol. The second-order valence-electron chi connectivity index (χ2n) is 6.55. The van der Waals surface area contributed by atoms with Crippen LogP contribution in [-0.4, -0.2) is 26.0 Å². The molecule has 5 rings (SSSR count). The highest BCUT2D eigenvalue weighted by atomic mass is 16.3. The van der Waals surface area contributed by atoms with E-state index in [0.717, 1.165) is 22.5 Å². The molecule has 3 aromatic heterocycles. The van der Waals surface area contributed by atoms with Gasteiger partial charge in [0, 0.05) is 29.2 Å². The largest absolute Gasteiger partial charge is 0.467 e. The van der Waals surface area contributed by atoms with Gasteiger partial charge in [-0.1, -0.05) is 12.1 Å². The second kappa shape index (κ2) is 6.70. The first kappa shape index (κ1) is 16.3. The number of para-hydroxylation sites is 1. The van der Waals surface area contributed by atoms with Gasteiger partial charge in [0.2, 0.25) is 0 Å². The Morgan fingerprint density at radius 3 is 2.82 bits per heavy atom. The molecule has 0 saturated heterocycles. The molecular formula is C21H17N5O2. The number of nitrogens with one attached hydrogen (secondary N) is 2. The maximum atomic E-state index is 13.3. The highest BCUT2D eigenvalue weighted by molar-refractivity contribution is 6.01. The van der Waals surface area contributed by atoms with Crippen LogP contribution in [0.1, 0.15) is 27.8 Å². The molecule has 7 heteroatoms. The zero-order valence-corrected chi connectivity index (χ0v) is 14.9. The Labute approximate surface area is 161 Å². The third-order valence-electron chi connectivity index (χ3n) is 4.84. The van der Waals surface area contributed by atoms with Gasteiger partial charge in [0.1, 0.15) is 11.9 Å². The number of anilines is 1. The van der Waals surface area contributed by atoms with Crippen LogP contribution in [0.3, 0.4) is 0 Å². The highest BCUT2D eigenvalue weighted by Crippen LogP contribution is 2.37. The molecule has 0 aliphatic carbocycles. The molecule has 0 unspecified atom stereocenters. The van der Waals surface area contributed by atoms with E-state index in [0.29, 0.717) is 17.9 Å². The number of aromatic nitrogens is 3. The number of hydrogen-bond donors (Lipinski definition) is 2. The maximum absolute atomic E-state index is 13.3. The number of nitrogens with zero attached hydrogens (tertiary/aromatic N) is 3. The average Bonchev–Trinajstić information content (AvgIpc) is 3.43. The van der Waals surface area contributed by atoms with Crippen molar-refractivity contribution in [2.45, 2.75) is 12.7 Å². The Hall–Kier alpha value is -3.87.